The highest BCUT2D eigenvalue weighted by atomic mass is 79.9. The van der Waals surface area contributed by atoms with Gasteiger partial charge in [0.25, 0.3) is 0 Å². The van der Waals surface area contributed by atoms with E-state index >= 15 is 0 Å². The van der Waals surface area contributed by atoms with E-state index in [1.165, 1.54) is 11.1 Å². The van der Waals surface area contributed by atoms with Gasteiger partial charge in [0.05, 0.1) is 6.54 Å². The van der Waals surface area contributed by atoms with Crippen molar-refractivity contribution in [3.05, 3.63) is 82.0 Å². The Morgan fingerprint density at radius 1 is 1.04 bits per heavy atom. The predicted octanol–water partition coefficient (Wildman–Crippen LogP) is 6.65. The minimum atomic E-state index is 0.356. The van der Waals surface area contributed by atoms with Gasteiger partial charge in [-0.25, -0.2) is 0 Å². The predicted molar refractivity (Wildman–Crippen MR) is 108 cm³/mol. The molecule has 0 saturated heterocycles. The van der Waals surface area contributed by atoms with Crippen LogP contribution in [0.2, 0.25) is 0 Å². The summed E-state index contributed by atoms with van der Waals surface area (Å²) in [4.78, 5) is 0. The monoisotopic (exact) mass is 397 g/mol. The van der Waals surface area contributed by atoms with Crippen LogP contribution in [0, 0.1) is 6.92 Å². The Bertz CT molecular complexity index is 810. The maximum Gasteiger partial charge on any atom is 0.134 e. The molecule has 3 rings (SSSR count). The Kier molecular flexibility index (Phi) is 6.11. The number of aryl methyl sites for hydroxylation is 1. The van der Waals surface area contributed by atoms with Gasteiger partial charge in [-0.2, -0.15) is 0 Å². The van der Waals surface area contributed by atoms with Crippen molar-refractivity contribution in [3.8, 4) is 11.3 Å². The molecular weight excluding hydrogens is 374 g/mol. The van der Waals surface area contributed by atoms with Gasteiger partial charge >= 0.3 is 0 Å². The molecule has 1 N–H and O–H groups in total. The Balaban J connectivity index is 1.70. The summed E-state index contributed by atoms with van der Waals surface area (Å²) in [6, 6.07) is 21.4. The van der Waals surface area contributed by atoms with E-state index in [1.807, 2.05) is 0 Å². The summed E-state index contributed by atoms with van der Waals surface area (Å²) in [5, 5.41) is 3.64. The molecule has 1 atom stereocenters. The van der Waals surface area contributed by atoms with Crippen molar-refractivity contribution in [3.63, 3.8) is 0 Å². The second-order valence-electron chi connectivity index (χ2n) is 6.36. The smallest absolute Gasteiger partial charge is 0.134 e. The number of halogens is 1. The van der Waals surface area contributed by atoms with Crippen molar-refractivity contribution in [2.45, 2.75) is 39.3 Å². The molecule has 130 valence electrons. The molecule has 0 fully saturated rings. The van der Waals surface area contributed by atoms with Gasteiger partial charge in [0, 0.05) is 16.1 Å². The van der Waals surface area contributed by atoms with Gasteiger partial charge in [0.15, 0.2) is 0 Å². The van der Waals surface area contributed by atoms with Crippen LogP contribution in [0.1, 0.15) is 42.7 Å². The number of hydrogen-bond donors (Lipinski definition) is 1. The van der Waals surface area contributed by atoms with Crippen LogP contribution in [0.4, 0.5) is 0 Å². The van der Waals surface area contributed by atoms with Crippen LogP contribution in [0.3, 0.4) is 0 Å². The van der Waals surface area contributed by atoms with Crippen LogP contribution < -0.4 is 5.32 Å². The fourth-order valence-electron chi connectivity index (χ4n) is 3.11. The van der Waals surface area contributed by atoms with Crippen LogP contribution >= 0.6 is 15.9 Å². The lowest BCUT2D eigenvalue weighted by Gasteiger charge is -2.18. The van der Waals surface area contributed by atoms with E-state index in [4.69, 9.17) is 4.42 Å². The molecule has 0 aliphatic carbocycles. The van der Waals surface area contributed by atoms with Crippen LogP contribution in [0.15, 0.2) is 69.6 Å². The molecule has 25 heavy (non-hydrogen) atoms. The van der Waals surface area contributed by atoms with E-state index in [-0.39, 0.29) is 0 Å². The lowest BCUT2D eigenvalue weighted by molar-refractivity contribution is 0.438. The van der Waals surface area contributed by atoms with Gasteiger partial charge in [0.1, 0.15) is 11.5 Å². The molecule has 1 heterocycles. The normalized spacial score (nSPS) is 12.3. The van der Waals surface area contributed by atoms with Crippen LogP contribution in [0.25, 0.3) is 11.3 Å². The summed E-state index contributed by atoms with van der Waals surface area (Å²) in [6.07, 6.45) is 2.26. The van der Waals surface area contributed by atoms with E-state index in [2.05, 4.69) is 95.8 Å². The first-order valence-electron chi connectivity index (χ1n) is 8.81. The first kappa shape index (κ1) is 18.0. The Morgan fingerprint density at radius 2 is 1.84 bits per heavy atom. The zero-order valence-electron chi connectivity index (χ0n) is 14.8. The maximum atomic E-state index is 6.08. The van der Waals surface area contributed by atoms with Crippen molar-refractivity contribution >= 4 is 15.9 Å². The largest absolute Gasteiger partial charge is 0.460 e. The third-order valence-corrected chi connectivity index (χ3v) is 4.91. The third-order valence-electron chi connectivity index (χ3n) is 4.42. The zero-order chi connectivity index (χ0) is 17.6. The highest BCUT2D eigenvalue weighted by molar-refractivity contribution is 9.10. The average molecular weight is 398 g/mol. The van der Waals surface area contributed by atoms with Crippen molar-refractivity contribution in [2.75, 3.05) is 0 Å². The van der Waals surface area contributed by atoms with Gasteiger partial charge in [-0.1, -0.05) is 59.6 Å². The second kappa shape index (κ2) is 8.50. The van der Waals surface area contributed by atoms with Crippen molar-refractivity contribution in [2.24, 2.45) is 0 Å². The molecule has 0 saturated carbocycles. The number of hydrogen-bond acceptors (Lipinski definition) is 2. The summed E-state index contributed by atoms with van der Waals surface area (Å²) >= 11 is 3.51. The molecule has 0 radical (unpaired) electrons. The van der Waals surface area contributed by atoms with Crippen LogP contribution in [-0.2, 0) is 6.54 Å². The van der Waals surface area contributed by atoms with Gasteiger partial charge in [-0.05, 0) is 54.8 Å². The SMILES string of the molecule is CCCC(NCc1ccc(-c2ccc(Br)cc2C)o1)c1ccccc1. The fourth-order valence-corrected chi connectivity index (χ4v) is 3.58. The van der Waals surface area contributed by atoms with Gasteiger partial charge in [0.2, 0.25) is 0 Å². The lowest BCUT2D eigenvalue weighted by atomic mass is 10.0. The van der Waals surface area contributed by atoms with E-state index in [0.29, 0.717) is 6.04 Å². The Morgan fingerprint density at radius 3 is 2.56 bits per heavy atom. The van der Waals surface area contributed by atoms with E-state index in [9.17, 15) is 0 Å². The molecule has 2 nitrogen and oxygen atoms in total. The minimum Gasteiger partial charge on any atom is -0.460 e. The zero-order valence-corrected chi connectivity index (χ0v) is 16.3. The minimum absolute atomic E-state index is 0.356. The van der Waals surface area contributed by atoms with Crippen molar-refractivity contribution in [1.82, 2.24) is 5.32 Å². The molecule has 1 unspecified atom stereocenters. The number of nitrogens with one attached hydrogen (secondary N) is 1. The summed E-state index contributed by atoms with van der Waals surface area (Å²) < 4.78 is 7.17. The Hall–Kier alpha value is -1.84. The Labute approximate surface area is 158 Å². The lowest BCUT2D eigenvalue weighted by Crippen LogP contribution is -2.20. The van der Waals surface area contributed by atoms with E-state index < -0.39 is 0 Å². The summed E-state index contributed by atoms with van der Waals surface area (Å²) in [5.74, 6) is 1.89. The topological polar surface area (TPSA) is 25.2 Å². The van der Waals surface area contributed by atoms with Gasteiger partial charge < -0.3 is 9.73 Å². The average Bonchev–Trinajstić information content (AvgIpc) is 3.08. The first-order chi connectivity index (χ1) is 12.2. The first-order valence-corrected chi connectivity index (χ1v) is 9.60. The number of rotatable bonds is 7. The van der Waals surface area contributed by atoms with Gasteiger partial charge in [-0.15, -0.1) is 0 Å². The van der Waals surface area contributed by atoms with Crippen LogP contribution in [-0.4, -0.2) is 0 Å². The molecule has 2 aromatic carbocycles. The summed E-state index contributed by atoms with van der Waals surface area (Å²) in [5.41, 5.74) is 3.68. The quantitative estimate of drug-likeness (QED) is 0.482. The molecule has 3 aromatic rings. The van der Waals surface area contributed by atoms with Crippen molar-refractivity contribution in [1.29, 1.82) is 0 Å². The van der Waals surface area contributed by atoms with Gasteiger partial charge in [-0.3, -0.25) is 0 Å². The summed E-state index contributed by atoms with van der Waals surface area (Å²) in [7, 11) is 0. The highest BCUT2D eigenvalue weighted by Gasteiger charge is 2.12. The molecule has 0 aliphatic rings. The van der Waals surface area contributed by atoms with Crippen molar-refractivity contribution < 1.29 is 4.42 Å². The molecule has 0 spiro atoms. The fraction of sp³-hybridized carbons (Fsp3) is 0.273. The van der Waals surface area contributed by atoms with Crippen LogP contribution in [0.5, 0.6) is 0 Å². The molecule has 0 amide bonds. The highest BCUT2D eigenvalue weighted by Crippen LogP contribution is 2.28. The summed E-state index contributed by atoms with van der Waals surface area (Å²) in [6.45, 7) is 5.06. The number of benzene rings is 2. The molecule has 0 aliphatic heterocycles. The second-order valence-corrected chi connectivity index (χ2v) is 7.27. The molecule has 1 aromatic heterocycles. The van der Waals surface area contributed by atoms with E-state index in [1.54, 1.807) is 0 Å². The standard InChI is InChI=1S/C22H24BrNO/c1-3-7-21(17-8-5-4-6-9-17)24-15-19-11-13-22(25-19)20-12-10-18(23)14-16(20)2/h4-6,8-14,21,24H,3,7,15H2,1-2H3. The third kappa shape index (κ3) is 4.62. The maximum absolute atomic E-state index is 6.08. The molecule has 0 bridgehead atoms. The molecule has 3 heteroatoms. The van der Waals surface area contributed by atoms with E-state index in [0.717, 1.165) is 40.9 Å². The molecular formula is C22H24BrNO. The number of furan rings is 1.